The van der Waals surface area contributed by atoms with Crippen LogP contribution >= 0.6 is 11.3 Å². The summed E-state index contributed by atoms with van der Waals surface area (Å²) in [6, 6.07) is 15.9. The molecule has 0 spiro atoms. The number of carbonyl (C=O) groups excluding carboxylic acids is 1. The first-order valence-electron chi connectivity index (χ1n) is 7.92. The maximum absolute atomic E-state index is 12.4. The second kappa shape index (κ2) is 6.97. The van der Waals surface area contributed by atoms with Crippen LogP contribution < -0.4 is 5.32 Å². The first kappa shape index (κ1) is 16.4. The Bertz CT molecular complexity index is 883. The number of rotatable bonds is 4. The molecular weight excluding hydrogens is 316 g/mol. The second-order valence-electron chi connectivity index (χ2n) is 5.84. The molecule has 3 aromatic rings. The van der Waals surface area contributed by atoms with Gasteiger partial charge in [-0.2, -0.15) is 0 Å². The molecule has 0 saturated carbocycles. The number of carbonyl (C=O) groups is 1. The van der Waals surface area contributed by atoms with Gasteiger partial charge in [-0.15, -0.1) is 11.3 Å². The largest absolute Gasteiger partial charge is 0.347 e. The van der Waals surface area contributed by atoms with Crippen LogP contribution in [0.3, 0.4) is 0 Å². The van der Waals surface area contributed by atoms with Crippen LogP contribution in [0.2, 0.25) is 0 Å². The summed E-state index contributed by atoms with van der Waals surface area (Å²) in [4.78, 5) is 18.1. The highest BCUT2D eigenvalue weighted by molar-refractivity contribution is 7.15. The molecule has 3 rings (SSSR count). The molecule has 0 atom stereocenters. The highest BCUT2D eigenvalue weighted by Gasteiger charge is 2.13. The van der Waals surface area contributed by atoms with Crippen molar-refractivity contribution in [2.75, 3.05) is 0 Å². The van der Waals surface area contributed by atoms with Gasteiger partial charge in [0.2, 0.25) is 0 Å². The monoisotopic (exact) mass is 336 g/mol. The quantitative estimate of drug-likeness (QED) is 0.752. The van der Waals surface area contributed by atoms with Crippen molar-refractivity contribution in [2.24, 2.45) is 0 Å². The van der Waals surface area contributed by atoms with Gasteiger partial charge in [0.1, 0.15) is 5.01 Å². The first-order valence-corrected chi connectivity index (χ1v) is 8.74. The van der Waals surface area contributed by atoms with E-state index in [0.29, 0.717) is 6.54 Å². The van der Waals surface area contributed by atoms with Crippen molar-refractivity contribution in [1.82, 2.24) is 10.3 Å². The maximum atomic E-state index is 12.4. The van der Waals surface area contributed by atoms with Crippen LogP contribution in [0, 0.1) is 20.8 Å². The molecule has 1 heterocycles. The Morgan fingerprint density at radius 1 is 1.00 bits per heavy atom. The summed E-state index contributed by atoms with van der Waals surface area (Å²) in [6.07, 6.45) is 0. The number of nitrogens with zero attached hydrogens (tertiary/aromatic N) is 1. The van der Waals surface area contributed by atoms with Crippen LogP contribution in [-0.2, 0) is 6.54 Å². The molecule has 122 valence electrons. The normalized spacial score (nSPS) is 10.6. The summed E-state index contributed by atoms with van der Waals surface area (Å²) in [7, 11) is 0. The predicted octanol–water partition coefficient (Wildman–Crippen LogP) is 4.67. The Hall–Kier alpha value is -2.46. The number of thiazole rings is 1. The third-order valence-electron chi connectivity index (χ3n) is 4.07. The molecule has 3 nitrogen and oxygen atoms in total. The maximum Gasteiger partial charge on any atom is 0.251 e. The van der Waals surface area contributed by atoms with E-state index < -0.39 is 0 Å². The number of amides is 1. The van der Waals surface area contributed by atoms with Crippen molar-refractivity contribution >= 4 is 17.2 Å². The summed E-state index contributed by atoms with van der Waals surface area (Å²) in [5.41, 5.74) is 5.04. The van der Waals surface area contributed by atoms with E-state index in [4.69, 9.17) is 0 Å². The smallest absolute Gasteiger partial charge is 0.251 e. The van der Waals surface area contributed by atoms with Gasteiger partial charge in [0.15, 0.2) is 0 Å². The molecule has 0 aliphatic rings. The van der Waals surface area contributed by atoms with Crippen LogP contribution in [0.15, 0.2) is 48.5 Å². The van der Waals surface area contributed by atoms with Crippen LogP contribution in [0.4, 0.5) is 0 Å². The van der Waals surface area contributed by atoms with Gasteiger partial charge in [0.25, 0.3) is 5.91 Å². The number of hydrogen-bond acceptors (Lipinski definition) is 3. The van der Waals surface area contributed by atoms with Crippen LogP contribution in [0.5, 0.6) is 0 Å². The van der Waals surface area contributed by atoms with E-state index in [0.717, 1.165) is 32.3 Å². The van der Waals surface area contributed by atoms with Gasteiger partial charge >= 0.3 is 0 Å². The molecule has 0 aliphatic heterocycles. The van der Waals surface area contributed by atoms with E-state index in [2.05, 4.69) is 29.4 Å². The molecule has 0 aliphatic carbocycles. The standard InChI is InChI=1S/C20H20N2OS/c1-13-8-4-6-10-16(13)19(23)21-12-18-15(3)22-20(24-18)17-11-7-5-9-14(17)2/h4-11H,12H2,1-3H3,(H,21,23). The van der Waals surface area contributed by atoms with Gasteiger partial charge in [-0.3, -0.25) is 4.79 Å². The lowest BCUT2D eigenvalue weighted by molar-refractivity contribution is 0.0950. The number of aromatic nitrogens is 1. The van der Waals surface area contributed by atoms with Gasteiger partial charge in [-0.25, -0.2) is 4.98 Å². The lowest BCUT2D eigenvalue weighted by Crippen LogP contribution is -2.23. The Labute approximate surface area is 146 Å². The fourth-order valence-electron chi connectivity index (χ4n) is 2.60. The molecule has 0 bridgehead atoms. The number of aryl methyl sites for hydroxylation is 3. The highest BCUT2D eigenvalue weighted by atomic mass is 32.1. The molecule has 2 aromatic carbocycles. The highest BCUT2D eigenvalue weighted by Crippen LogP contribution is 2.30. The number of nitrogens with one attached hydrogen (secondary N) is 1. The molecule has 0 saturated heterocycles. The molecule has 1 N–H and O–H groups in total. The van der Waals surface area contributed by atoms with Crippen molar-refractivity contribution in [3.8, 4) is 10.6 Å². The first-order chi connectivity index (χ1) is 11.6. The minimum Gasteiger partial charge on any atom is -0.347 e. The minimum absolute atomic E-state index is 0.0432. The van der Waals surface area contributed by atoms with Gasteiger partial charge in [0, 0.05) is 16.0 Å². The predicted molar refractivity (Wildman–Crippen MR) is 99.4 cm³/mol. The molecule has 4 heteroatoms. The van der Waals surface area contributed by atoms with Crippen LogP contribution in [-0.4, -0.2) is 10.9 Å². The number of benzene rings is 2. The lowest BCUT2D eigenvalue weighted by Gasteiger charge is -2.06. The van der Waals surface area contributed by atoms with E-state index in [9.17, 15) is 4.79 Å². The average molecular weight is 336 g/mol. The zero-order valence-corrected chi connectivity index (χ0v) is 14.9. The van der Waals surface area contributed by atoms with E-state index in [-0.39, 0.29) is 5.91 Å². The molecule has 0 unspecified atom stereocenters. The van der Waals surface area contributed by atoms with Gasteiger partial charge in [-0.05, 0) is 38.0 Å². The fourth-order valence-corrected chi connectivity index (χ4v) is 3.70. The van der Waals surface area contributed by atoms with Gasteiger partial charge in [-0.1, -0.05) is 42.5 Å². The van der Waals surface area contributed by atoms with Crippen molar-refractivity contribution in [2.45, 2.75) is 27.3 Å². The Kier molecular flexibility index (Phi) is 4.76. The summed E-state index contributed by atoms with van der Waals surface area (Å²) in [5.74, 6) is -0.0432. The second-order valence-corrected chi connectivity index (χ2v) is 6.92. The molecule has 0 radical (unpaired) electrons. The van der Waals surface area contributed by atoms with E-state index in [1.807, 2.05) is 50.2 Å². The van der Waals surface area contributed by atoms with Crippen molar-refractivity contribution < 1.29 is 4.79 Å². The van der Waals surface area contributed by atoms with Crippen molar-refractivity contribution in [3.05, 3.63) is 75.8 Å². The Morgan fingerprint density at radius 3 is 2.38 bits per heavy atom. The van der Waals surface area contributed by atoms with Crippen molar-refractivity contribution in [3.63, 3.8) is 0 Å². The van der Waals surface area contributed by atoms with Crippen LogP contribution in [0.25, 0.3) is 10.6 Å². The zero-order chi connectivity index (χ0) is 17.1. The van der Waals surface area contributed by atoms with Gasteiger partial charge < -0.3 is 5.32 Å². The fraction of sp³-hybridized carbons (Fsp3) is 0.200. The Morgan fingerprint density at radius 2 is 1.67 bits per heavy atom. The third-order valence-corrected chi connectivity index (χ3v) is 5.26. The molecule has 0 fully saturated rings. The number of hydrogen-bond donors (Lipinski definition) is 1. The molecule has 1 amide bonds. The van der Waals surface area contributed by atoms with E-state index in [1.165, 1.54) is 5.56 Å². The van der Waals surface area contributed by atoms with Crippen LogP contribution in [0.1, 0.15) is 32.1 Å². The van der Waals surface area contributed by atoms with Gasteiger partial charge in [0.05, 0.1) is 12.2 Å². The molecule has 1 aromatic heterocycles. The Balaban J connectivity index is 1.76. The third kappa shape index (κ3) is 3.39. The SMILES string of the molecule is Cc1ccccc1C(=O)NCc1sc(-c2ccccc2C)nc1C. The summed E-state index contributed by atoms with van der Waals surface area (Å²) in [6.45, 7) is 6.53. The minimum atomic E-state index is -0.0432. The van der Waals surface area contributed by atoms with E-state index >= 15 is 0 Å². The summed E-state index contributed by atoms with van der Waals surface area (Å²) < 4.78 is 0. The topological polar surface area (TPSA) is 42.0 Å². The zero-order valence-electron chi connectivity index (χ0n) is 14.1. The van der Waals surface area contributed by atoms with E-state index in [1.54, 1.807) is 11.3 Å². The average Bonchev–Trinajstić information content (AvgIpc) is 2.94. The summed E-state index contributed by atoms with van der Waals surface area (Å²) in [5, 5.41) is 4.01. The van der Waals surface area contributed by atoms with Crippen molar-refractivity contribution in [1.29, 1.82) is 0 Å². The lowest BCUT2D eigenvalue weighted by atomic mass is 10.1. The molecule has 24 heavy (non-hydrogen) atoms. The molecular formula is C20H20N2OS. The summed E-state index contributed by atoms with van der Waals surface area (Å²) >= 11 is 1.64.